The molecule has 0 saturated carbocycles. The van der Waals surface area contributed by atoms with E-state index in [2.05, 4.69) is 10.0 Å². The van der Waals surface area contributed by atoms with Gasteiger partial charge >= 0.3 is 0 Å². The SMILES string of the molecule is [N-]=[N+]=NC1CS(=O)(=O)C[C@H](N2c3ccc(F)cc3CCc3cc(F)ccc32)[C@H]1O. The van der Waals surface area contributed by atoms with Crippen LogP contribution in [0.25, 0.3) is 10.4 Å². The first-order valence-electron chi connectivity index (χ1n) is 9.08. The number of hydrogen-bond donors (Lipinski definition) is 1. The average Bonchev–Trinajstić information content (AvgIpc) is 2.81. The summed E-state index contributed by atoms with van der Waals surface area (Å²) in [6, 6.07) is 6.16. The highest BCUT2D eigenvalue weighted by molar-refractivity contribution is 7.91. The van der Waals surface area contributed by atoms with Gasteiger partial charge in [0.15, 0.2) is 9.84 Å². The molecule has 152 valence electrons. The largest absolute Gasteiger partial charge is 0.390 e. The highest BCUT2D eigenvalue weighted by Crippen LogP contribution is 2.40. The number of anilines is 2. The maximum Gasteiger partial charge on any atom is 0.152 e. The summed E-state index contributed by atoms with van der Waals surface area (Å²) in [5.41, 5.74) is 11.1. The summed E-state index contributed by atoms with van der Waals surface area (Å²) in [4.78, 5) is 4.29. The van der Waals surface area contributed by atoms with Crippen molar-refractivity contribution in [1.82, 2.24) is 0 Å². The number of fused-ring (bicyclic) bond motifs is 2. The van der Waals surface area contributed by atoms with E-state index in [-0.39, 0.29) is 5.75 Å². The Kier molecular flexibility index (Phi) is 4.94. The molecule has 1 unspecified atom stereocenters. The summed E-state index contributed by atoms with van der Waals surface area (Å²) in [6.45, 7) is 0. The third-order valence-corrected chi connectivity index (χ3v) is 7.13. The minimum atomic E-state index is -3.63. The number of rotatable bonds is 2. The molecule has 2 heterocycles. The van der Waals surface area contributed by atoms with Crippen molar-refractivity contribution >= 4 is 21.2 Å². The molecule has 1 N–H and O–H groups in total. The Morgan fingerprint density at radius 3 is 2.10 bits per heavy atom. The number of aliphatic hydroxyl groups excluding tert-OH is 1. The van der Waals surface area contributed by atoms with Crippen LogP contribution in [0.4, 0.5) is 20.2 Å². The molecule has 0 bridgehead atoms. The number of aliphatic hydroxyl groups is 1. The van der Waals surface area contributed by atoms with Crippen LogP contribution < -0.4 is 4.90 Å². The lowest BCUT2D eigenvalue weighted by Gasteiger charge is -2.41. The minimum Gasteiger partial charge on any atom is -0.390 e. The summed E-state index contributed by atoms with van der Waals surface area (Å²) in [6.07, 6.45) is -0.423. The summed E-state index contributed by atoms with van der Waals surface area (Å²) in [5, 5.41) is 14.4. The fraction of sp³-hybridized carbons (Fsp3) is 0.368. The highest BCUT2D eigenvalue weighted by atomic mass is 32.2. The monoisotopic (exact) mass is 420 g/mol. The maximum absolute atomic E-state index is 13.9. The molecule has 10 heteroatoms. The Hall–Kier alpha value is -2.68. The van der Waals surface area contributed by atoms with Crippen LogP contribution in [0.3, 0.4) is 0 Å². The molecule has 2 aromatic rings. The number of benzene rings is 2. The normalized spacial score (nSPS) is 25.3. The van der Waals surface area contributed by atoms with Gasteiger partial charge in [-0.05, 0) is 65.9 Å². The fourth-order valence-corrected chi connectivity index (χ4v) is 5.96. The number of nitrogens with zero attached hydrogens (tertiary/aromatic N) is 4. The number of halogens is 2. The standard InChI is InChI=1S/C19H18F2N4O3S/c20-13-3-5-16-11(7-13)1-2-12-8-14(21)4-6-17(12)25(16)18-10-29(27,28)9-15(19(18)26)23-24-22/h3-8,15,18-19,26H,1-2,9-10H2/t15?,18-,19-/m0/s1. The van der Waals surface area contributed by atoms with Crippen LogP contribution in [0.15, 0.2) is 41.5 Å². The van der Waals surface area contributed by atoms with E-state index in [0.717, 1.165) is 0 Å². The molecule has 29 heavy (non-hydrogen) atoms. The molecule has 1 fully saturated rings. The van der Waals surface area contributed by atoms with Crippen molar-refractivity contribution < 1.29 is 22.3 Å². The van der Waals surface area contributed by atoms with Gasteiger partial charge in [-0.25, -0.2) is 17.2 Å². The second-order valence-electron chi connectivity index (χ2n) is 7.32. The predicted molar refractivity (Wildman–Crippen MR) is 104 cm³/mol. The van der Waals surface area contributed by atoms with Crippen molar-refractivity contribution in [2.24, 2.45) is 5.11 Å². The molecule has 0 aliphatic carbocycles. The smallest absolute Gasteiger partial charge is 0.152 e. The van der Waals surface area contributed by atoms with Gasteiger partial charge in [0.1, 0.15) is 11.6 Å². The third-order valence-electron chi connectivity index (χ3n) is 5.44. The zero-order chi connectivity index (χ0) is 20.8. The minimum absolute atomic E-state index is 0.376. The van der Waals surface area contributed by atoms with Crippen LogP contribution in [0, 0.1) is 11.6 Å². The van der Waals surface area contributed by atoms with Gasteiger partial charge in [0.2, 0.25) is 0 Å². The van der Waals surface area contributed by atoms with Gasteiger partial charge in [-0.15, -0.1) is 0 Å². The van der Waals surface area contributed by atoms with E-state index in [0.29, 0.717) is 35.3 Å². The Balaban J connectivity index is 1.92. The molecule has 2 aromatic carbocycles. The molecule has 0 aromatic heterocycles. The van der Waals surface area contributed by atoms with E-state index in [1.807, 2.05) is 0 Å². The topological polar surface area (TPSA) is 106 Å². The Labute approximate surface area is 166 Å². The van der Waals surface area contributed by atoms with E-state index < -0.39 is 45.4 Å². The Bertz CT molecular complexity index is 1060. The highest BCUT2D eigenvalue weighted by Gasteiger charge is 2.44. The summed E-state index contributed by atoms with van der Waals surface area (Å²) >= 11 is 0. The van der Waals surface area contributed by atoms with E-state index in [4.69, 9.17) is 5.53 Å². The predicted octanol–water partition coefficient (Wildman–Crippen LogP) is 3.04. The zero-order valence-electron chi connectivity index (χ0n) is 15.2. The lowest BCUT2D eigenvalue weighted by molar-refractivity contribution is 0.125. The number of hydrogen-bond acceptors (Lipinski definition) is 5. The average molecular weight is 420 g/mol. The van der Waals surface area contributed by atoms with Crippen molar-refractivity contribution in [3.8, 4) is 0 Å². The maximum atomic E-state index is 13.9. The molecular weight excluding hydrogens is 402 g/mol. The van der Waals surface area contributed by atoms with E-state index >= 15 is 0 Å². The molecular formula is C19H18F2N4O3S. The Morgan fingerprint density at radius 1 is 1.03 bits per heavy atom. The third kappa shape index (κ3) is 3.66. The first kappa shape index (κ1) is 19.6. The van der Waals surface area contributed by atoms with Crippen LogP contribution in [-0.2, 0) is 22.7 Å². The fourth-order valence-electron chi connectivity index (χ4n) is 4.17. The first-order chi connectivity index (χ1) is 13.8. The van der Waals surface area contributed by atoms with Crippen LogP contribution in [-0.4, -0.2) is 43.2 Å². The molecule has 3 atom stereocenters. The lowest BCUT2D eigenvalue weighted by atomic mass is 10.0. The lowest BCUT2D eigenvalue weighted by Crippen LogP contribution is -2.56. The molecule has 2 aliphatic rings. The Morgan fingerprint density at radius 2 is 1.59 bits per heavy atom. The van der Waals surface area contributed by atoms with Crippen molar-refractivity contribution in [3.63, 3.8) is 0 Å². The van der Waals surface area contributed by atoms with Crippen LogP contribution in [0.1, 0.15) is 11.1 Å². The van der Waals surface area contributed by atoms with E-state index in [1.165, 1.54) is 36.4 Å². The van der Waals surface area contributed by atoms with E-state index in [1.54, 1.807) is 4.90 Å². The van der Waals surface area contributed by atoms with Crippen LogP contribution >= 0.6 is 0 Å². The number of azide groups is 1. The van der Waals surface area contributed by atoms with Crippen molar-refractivity contribution in [2.75, 3.05) is 16.4 Å². The quantitative estimate of drug-likeness (QED) is 0.458. The molecule has 1 saturated heterocycles. The molecule has 0 spiro atoms. The summed E-state index contributed by atoms with van der Waals surface area (Å²) in [7, 11) is -3.63. The first-order valence-corrected chi connectivity index (χ1v) is 10.9. The van der Waals surface area contributed by atoms with Crippen molar-refractivity contribution in [1.29, 1.82) is 0 Å². The van der Waals surface area contributed by atoms with Gasteiger partial charge < -0.3 is 10.0 Å². The van der Waals surface area contributed by atoms with Gasteiger partial charge in [0, 0.05) is 16.3 Å². The molecule has 0 radical (unpaired) electrons. The van der Waals surface area contributed by atoms with Crippen LogP contribution in [0.2, 0.25) is 0 Å². The number of aryl methyl sites for hydroxylation is 2. The second kappa shape index (κ2) is 7.29. The second-order valence-corrected chi connectivity index (χ2v) is 9.48. The number of sulfone groups is 1. The summed E-state index contributed by atoms with van der Waals surface area (Å²) in [5.74, 6) is -1.71. The summed E-state index contributed by atoms with van der Waals surface area (Å²) < 4.78 is 52.8. The van der Waals surface area contributed by atoms with Crippen molar-refractivity contribution in [2.45, 2.75) is 31.0 Å². The zero-order valence-corrected chi connectivity index (χ0v) is 16.1. The molecule has 0 amide bonds. The van der Waals surface area contributed by atoms with Gasteiger partial charge in [-0.1, -0.05) is 5.11 Å². The van der Waals surface area contributed by atoms with Gasteiger partial charge in [0.05, 0.1) is 29.7 Å². The van der Waals surface area contributed by atoms with E-state index in [9.17, 15) is 22.3 Å². The molecule has 7 nitrogen and oxygen atoms in total. The van der Waals surface area contributed by atoms with Crippen molar-refractivity contribution in [3.05, 3.63) is 69.6 Å². The van der Waals surface area contributed by atoms with Gasteiger partial charge in [-0.2, -0.15) is 0 Å². The molecule has 2 aliphatic heterocycles. The molecule has 4 rings (SSSR count). The van der Waals surface area contributed by atoms with Crippen LogP contribution in [0.5, 0.6) is 0 Å². The van der Waals surface area contributed by atoms with Gasteiger partial charge in [0.25, 0.3) is 0 Å². The van der Waals surface area contributed by atoms with Gasteiger partial charge in [-0.3, -0.25) is 0 Å².